The highest BCUT2D eigenvalue weighted by molar-refractivity contribution is 5.97. The summed E-state index contributed by atoms with van der Waals surface area (Å²) in [6, 6.07) is 25.2. The molecule has 0 radical (unpaired) electrons. The fourth-order valence-corrected chi connectivity index (χ4v) is 3.08. The van der Waals surface area contributed by atoms with Gasteiger partial charge in [0.2, 0.25) is 0 Å². The predicted molar refractivity (Wildman–Crippen MR) is 120 cm³/mol. The van der Waals surface area contributed by atoms with Crippen LogP contribution in [0.15, 0.2) is 78.9 Å². The van der Waals surface area contributed by atoms with E-state index in [0.29, 0.717) is 16.8 Å². The van der Waals surface area contributed by atoms with E-state index in [4.69, 9.17) is 10.00 Å². The second-order valence-electron chi connectivity index (χ2n) is 7.16. The van der Waals surface area contributed by atoms with Crippen molar-refractivity contribution in [3.05, 3.63) is 90.0 Å². The van der Waals surface area contributed by atoms with Gasteiger partial charge in [-0.2, -0.15) is 5.26 Å². The molecule has 6 heteroatoms. The zero-order valence-electron chi connectivity index (χ0n) is 17.4. The Labute approximate surface area is 181 Å². The number of carbonyl (C=O) groups is 2. The largest absolute Gasteiger partial charge is 0.452 e. The Morgan fingerprint density at radius 3 is 2.13 bits per heavy atom. The van der Waals surface area contributed by atoms with Gasteiger partial charge in [-0.15, -0.1) is 0 Å². The van der Waals surface area contributed by atoms with Gasteiger partial charge in [-0.25, -0.2) is 4.79 Å². The number of benzene rings is 3. The second-order valence-corrected chi connectivity index (χ2v) is 7.16. The summed E-state index contributed by atoms with van der Waals surface area (Å²) in [7, 11) is 0. The molecule has 0 spiro atoms. The number of rotatable bonds is 7. The van der Waals surface area contributed by atoms with E-state index < -0.39 is 5.97 Å². The molecule has 3 aromatic rings. The standard InChI is InChI=1S/C25H23N3O3/c1-18(2)28(23-14-12-22(13-15-23)27-21-6-4-3-5-7-21)24(29)17-31-25(30)20-10-8-19(16-26)9-11-20/h3-15,18,27H,17H2,1-2H3. The Hall–Kier alpha value is -4.11. The van der Waals surface area contributed by atoms with E-state index in [2.05, 4.69) is 5.32 Å². The lowest BCUT2D eigenvalue weighted by Gasteiger charge is -2.27. The lowest BCUT2D eigenvalue weighted by molar-refractivity contribution is -0.122. The third-order valence-corrected chi connectivity index (χ3v) is 4.57. The Morgan fingerprint density at radius 2 is 1.55 bits per heavy atom. The molecular formula is C25H23N3O3. The van der Waals surface area contributed by atoms with E-state index in [9.17, 15) is 9.59 Å². The van der Waals surface area contributed by atoms with Crippen LogP contribution in [-0.2, 0) is 9.53 Å². The van der Waals surface area contributed by atoms with E-state index in [1.165, 1.54) is 24.3 Å². The topological polar surface area (TPSA) is 82.4 Å². The molecular weight excluding hydrogens is 390 g/mol. The molecule has 0 saturated carbocycles. The van der Waals surface area contributed by atoms with Gasteiger partial charge in [-0.1, -0.05) is 18.2 Å². The van der Waals surface area contributed by atoms with Gasteiger partial charge < -0.3 is 15.0 Å². The molecule has 0 aliphatic rings. The fourth-order valence-electron chi connectivity index (χ4n) is 3.08. The van der Waals surface area contributed by atoms with Crippen molar-refractivity contribution < 1.29 is 14.3 Å². The molecule has 3 aromatic carbocycles. The lowest BCUT2D eigenvalue weighted by Crippen LogP contribution is -2.39. The maximum absolute atomic E-state index is 12.8. The van der Waals surface area contributed by atoms with Crippen molar-refractivity contribution in [1.82, 2.24) is 0 Å². The van der Waals surface area contributed by atoms with Gasteiger partial charge >= 0.3 is 5.97 Å². The molecule has 1 amide bonds. The third-order valence-electron chi connectivity index (χ3n) is 4.57. The van der Waals surface area contributed by atoms with Crippen LogP contribution in [0.5, 0.6) is 0 Å². The Balaban J connectivity index is 1.64. The molecule has 0 saturated heterocycles. The minimum Gasteiger partial charge on any atom is -0.452 e. The molecule has 3 rings (SSSR count). The summed E-state index contributed by atoms with van der Waals surface area (Å²) in [5.41, 5.74) is 3.33. The van der Waals surface area contributed by atoms with Crippen molar-refractivity contribution >= 4 is 28.9 Å². The molecule has 0 atom stereocenters. The maximum Gasteiger partial charge on any atom is 0.338 e. The number of hydrogen-bond donors (Lipinski definition) is 1. The fraction of sp³-hybridized carbons (Fsp3) is 0.160. The lowest BCUT2D eigenvalue weighted by atomic mass is 10.1. The van der Waals surface area contributed by atoms with Crippen molar-refractivity contribution in [2.24, 2.45) is 0 Å². The Kier molecular flexibility index (Phi) is 7.02. The first kappa shape index (κ1) is 21.6. The average Bonchev–Trinajstić information content (AvgIpc) is 2.79. The highest BCUT2D eigenvalue weighted by atomic mass is 16.5. The normalized spacial score (nSPS) is 10.3. The van der Waals surface area contributed by atoms with Crippen molar-refractivity contribution in [2.45, 2.75) is 19.9 Å². The van der Waals surface area contributed by atoms with E-state index in [1.807, 2.05) is 74.5 Å². The number of hydrogen-bond acceptors (Lipinski definition) is 5. The molecule has 0 aliphatic heterocycles. The SMILES string of the molecule is CC(C)N(C(=O)COC(=O)c1ccc(C#N)cc1)c1ccc(Nc2ccccc2)cc1. The first-order chi connectivity index (χ1) is 15.0. The first-order valence-electron chi connectivity index (χ1n) is 9.89. The minimum absolute atomic E-state index is 0.117. The van der Waals surface area contributed by atoms with Gasteiger partial charge in [0.15, 0.2) is 6.61 Å². The van der Waals surface area contributed by atoms with Gasteiger partial charge in [-0.3, -0.25) is 4.79 Å². The molecule has 0 heterocycles. The monoisotopic (exact) mass is 413 g/mol. The Bertz CT molecular complexity index is 1070. The summed E-state index contributed by atoms with van der Waals surface area (Å²) in [6.07, 6.45) is 0. The van der Waals surface area contributed by atoms with Crippen LogP contribution in [0.2, 0.25) is 0 Å². The number of carbonyl (C=O) groups excluding carboxylic acids is 2. The summed E-state index contributed by atoms with van der Waals surface area (Å²) in [5.74, 6) is -0.926. The van der Waals surface area contributed by atoms with Gasteiger partial charge in [-0.05, 0) is 74.5 Å². The van der Waals surface area contributed by atoms with Crippen LogP contribution < -0.4 is 10.2 Å². The number of anilines is 3. The smallest absolute Gasteiger partial charge is 0.338 e. The van der Waals surface area contributed by atoms with E-state index in [1.54, 1.807) is 4.90 Å². The summed E-state index contributed by atoms with van der Waals surface area (Å²) in [6.45, 7) is 3.42. The molecule has 0 bridgehead atoms. The highest BCUT2D eigenvalue weighted by Gasteiger charge is 2.21. The van der Waals surface area contributed by atoms with Crippen LogP contribution in [0.4, 0.5) is 17.1 Å². The molecule has 6 nitrogen and oxygen atoms in total. The van der Waals surface area contributed by atoms with Gasteiger partial charge in [0.1, 0.15) is 0 Å². The van der Waals surface area contributed by atoms with Crippen LogP contribution in [0, 0.1) is 11.3 Å². The van der Waals surface area contributed by atoms with Crippen LogP contribution in [0.3, 0.4) is 0 Å². The van der Waals surface area contributed by atoms with Crippen molar-refractivity contribution in [1.29, 1.82) is 5.26 Å². The van der Waals surface area contributed by atoms with Crippen molar-refractivity contribution in [3.63, 3.8) is 0 Å². The number of nitriles is 1. The molecule has 0 aliphatic carbocycles. The molecule has 1 N–H and O–H groups in total. The van der Waals surface area contributed by atoms with Crippen LogP contribution in [-0.4, -0.2) is 24.5 Å². The number of amides is 1. The van der Waals surface area contributed by atoms with Crippen LogP contribution in [0.1, 0.15) is 29.8 Å². The second kappa shape index (κ2) is 10.1. The average molecular weight is 413 g/mol. The predicted octanol–water partition coefficient (Wildman–Crippen LogP) is 4.90. The number of nitrogens with zero attached hydrogens (tertiary/aromatic N) is 2. The van der Waals surface area contributed by atoms with E-state index in [0.717, 1.165) is 11.4 Å². The summed E-state index contributed by atoms with van der Waals surface area (Å²) >= 11 is 0. The molecule has 31 heavy (non-hydrogen) atoms. The van der Waals surface area contributed by atoms with Crippen molar-refractivity contribution in [3.8, 4) is 6.07 Å². The van der Waals surface area contributed by atoms with E-state index >= 15 is 0 Å². The number of ether oxygens (including phenoxy) is 1. The summed E-state index contributed by atoms with van der Waals surface area (Å²) in [4.78, 5) is 26.6. The zero-order chi connectivity index (χ0) is 22.2. The van der Waals surface area contributed by atoms with Crippen LogP contribution in [0.25, 0.3) is 0 Å². The number of nitrogens with one attached hydrogen (secondary N) is 1. The number of esters is 1. The van der Waals surface area contributed by atoms with E-state index in [-0.39, 0.29) is 18.6 Å². The van der Waals surface area contributed by atoms with Crippen molar-refractivity contribution in [2.75, 3.05) is 16.8 Å². The first-order valence-corrected chi connectivity index (χ1v) is 9.89. The molecule has 0 aromatic heterocycles. The maximum atomic E-state index is 12.8. The minimum atomic E-state index is -0.607. The van der Waals surface area contributed by atoms with Gasteiger partial charge in [0.05, 0.1) is 17.2 Å². The molecule has 0 fully saturated rings. The van der Waals surface area contributed by atoms with Gasteiger partial charge in [0.25, 0.3) is 5.91 Å². The zero-order valence-corrected chi connectivity index (χ0v) is 17.4. The van der Waals surface area contributed by atoms with Gasteiger partial charge in [0, 0.05) is 23.1 Å². The molecule has 0 unspecified atom stereocenters. The highest BCUT2D eigenvalue weighted by Crippen LogP contribution is 2.23. The van der Waals surface area contributed by atoms with Crippen LogP contribution >= 0.6 is 0 Å². The number of para-hydroxylation sites is 1. The third kappa shape index (κ3) is 5.71. The quantitative estimate of drug-likeness (QED) is 0.557. The molecule has 156 valence electrons. The Morgan fingerprint density at radius 1 is 0.935 bits per heavy atom. The summed E-state index contributed by atoms with van der Waals surface area (Å²) in [5, 5.41) is 12.1. The summed E-state index contributed by atoms with van der Waals surface area (Å²) < 4.78 is 5.19.